The normalized spacial score (nSPS) is 15.7. The average molecular weight is 517 g/mol. The monoisotopic (exact) mass is 516 g/mol. The Morgan fingerprint density at radius 2 is 1.81 bits per heavy atom. The van der Waals surface area contributed by atoms with E-state index >= 15 is 0 Å². The van der Waals surface area contributed by atoms with E-state index < -0.39 is 23.2 Å². The van der Waals surface area contributed by atoms with Gasteiger partial charge in [0.05, 0.1) is 40.5 Å². The number of alkyl halides is 3. The Bertz CT molecular complexity index is 1260. The Morgan fingerprint density at radius 1 is 1.11 bits per heavy atom. The Balaban J connectivity index is 1.41. The molecule has 0 spiro atoms. The van der Waals surface area contributed by atoms with Crippen molar-refractivity contribution in [3.63, 3.8) is 0 Å². The number of aliphatic hydroxyl groups is 1. The van der Waals surface area contributed by atoms with Crippen molar-refractivity contribution in [2.45, 2.75) is 58.2 Å². The van der Waals surface area contributed by atoms with E-state index in [4.69, 9.17) is 0 Å². The van der Waals surface area contributed by atoms with Gasteiger partial charge in [0.15, 0.2) is 5.82 Å². The lowest BCUT2D eigenvalue weighted by molar-refractivity contribution is -0.137. The summed E-state index contributed by atoms with van der Waals surface area (Å²) in [5.41, 5.74) is 1.70. The molecular formula is C26H31F3N6O2. The number of β-amino-alcohol motifs (C(OH)–C–C–N with tert-alkyl or cyclic N) is 1. The summed E-state index contributed by atoms with van der Waals surface area (Å²) in [6, 6.07) is 4.03. The predicted octanol–water partition coefficient (Wildman–Crippen LogP) is 4.50. The number of nitrogens with one attached hydrogen (secondary N) is 1. The van der Waals surface area contributed by atoms with Gasteiger partial charge in [0.25, 0.3) is 5.91 Å². The molecule has 1 aliphatic rings. The molecule has 0 saturated carbocycles. The first-order chi connectivity index (χ1) is 17.3. The molecule has 2 N–H and O–H groups in total. The molecule has 0 bridgehead atoms. The first-order valence-corrected chi connectivity index (χ1v) is 12.1. The molecule has 1 amide bonds. The number of halogens is 3. The molecule has 1 fully saturated rings. The van der Waals surface area contributed by atoms with Gasteiger partial charge in [-0.05, 0) is 77.4 Å². The van der Waals surface area contributed by atoms with Crippen molar-refractivity contribution in [2.75, 3.05) is 25.0 Å². The summed E-state index contributed by atoms with van der Waals surface area (Å²) in [5, 5.41) is 17.0. The topological polar surface area (TPSA) is 96.2 Å². The molecule has 0 unspecified atom stereocenters. The molecule has 37 heavy (non-hydrogen) atoms. The van der Waals surface area contributed by atoms with Gasteiger partial charge >= 0.3 is 6.18 Å². The van der Waals surface area contributed by atoms with Gasteiger partial charge in [0.1, 0.15) is 0 Å². The lowest BCUT2D eigenvalue weighted by Crippen LogP contribution is -2.42. The van der Waals surface area contributed by atoms with Crippen LogP contribution in [0.1, 0.15) is 65.5 Å². The second-order valence-corrected chi connectivity index (χ2v) is 10.2. The van der Waals surface area contributed by atoms with Crippen LogP contribution in [0.3, 0.4) is 0 Å². The summed E-state index contributed by atoms with van der Waals surface area (Å²) >= 11 is 0. The fraction of sp³-hybridized carbons (Fsp3) is 0.462. The van der Waals surface area contributed by atoms with Crippen LogP contribution in [0.25, 0.3) is 5.82 Å². The van der Waals surface area contributed by atoms with Crippen LogP contribution in [0, 0.1) is 13.8 Å². The summed E-state index contributed by atoms with van der Waals surface area (Å²) in [6.07, 6.45) is 1.16. The minimum atomic E-state index is -4.48. The van der Waals surface area contributed by atoms with Crippen molar-refractivity contribution < 1.29 is 23.1 Å². The van der Waals surface area contributed by atoms with Crippen LogP contribution in [-0.4, -0.2) is 60.9 Å². The van der Waals surface area contributed by atoms with Crippen molar-refractivity contribution >= 4 is 11.6 Å². The van der Waals surface area contributed by atoms with Gasteiger partial charge in [-0.1, -0.05) is 0 Å². The Morgan fingerprint density at radius 3 is 2.38 bits per heavy atom. The molecule has 3 aromatic heterocycles. The quantitative estimate of drug-likeness (QED) is 0.501. The number of hydrogen-bond donors (Lipinski definition) is 2. The number of aryl methyl sites for hydroxylation is 1. The second kappa shape index (κ2) is 10.2. The average Bonchev–Trinajstić information content (AvgIpc) is 3.20. The van der Waals surface area contributed by atoms with Crippen LogP contribution in [0.5, 0.6) is 0 Å². The van der Waals surface area contributed by atoms with Gasteiger partial charge in [0, 0.05) is 24.4 Å². The molecule has 0 atom stereocenters. The van der Waals surface area contributed by atoms with Crippen molar-refractivity contribution in [1.29, 1.82) is 0 Å². The fourth-order valence-corrected chi connectivity index (χ4v) is 4.73. The van der Waals surface area contributed by atoms with E-state index in [1.54, 1.807) is 13.1 Å². The largest absolute Gasteiger partial charge is 0.417 e. The zero-order valence-corrected chi connectivity index (χ0v) is 21.3. The van der Waals surface area contributed by atoms with E-state index in [1.807, 2.05) is 26.8 Å². The smallest absolute Gasteiger partial charge is 0.389 e. The molecule has 11 heteroatoms. The number of amides is 1. The lowest BCUT2D eigenvalue weighted by Gasteiger charge is -2.35. The molecule has 1 saturated heterocycles. The first-order valence-electron chi connectivity index (χ1n) is 12.1. The van der Waals surface area contributed by atoms with Gasteiger partial charge in [-0.15, -0.1) is 0 Å². The molecule has 1 aliphatic heterocycles. The minimum Gasteiger partial charge on any atom is -0.389 e. The maximum atomic E-state index is 12.9. The van der Waals surface area contributed by atoms with Crippen LogP contribution in [0.4, 0.5) is 18.9 Å². The van der Waals surface area contributed by atoms with Crippen LogP contribution in [0.15, 0.2) is 36.8 Å². The number of hydrogen-bond acceptors (Lipinski definition) is 6. The summed E-state index contributed by atoms with van der Waals surface area (Å²) in [6.45, 7) is 9.68. The van der Waals surface area contributed by atoms with Crippen LogP contribution < -0.4 is 5.32 Å². The Hall–Kier alpha value is -3.31. The SMILES string of the molecule is Cc1cc(NC(=O)c2cnn(-c3ccc(C(F)(F)F)cn3)c2C)cnc1C1CCN(CC(C)(C)O)CC1. The minimum absolute atomic E-state index is 0.181. The van der Waals surface area contributed by atoms with Crippen molar-refractivity contribution in [1.82, 2.24) is 24.6 Å². The van der Waals surface area contributed by atoms with Crippen LogP contribution in [0.2, 0.25) is 0 Å². The third-order valence-electron chi connectivity index (χ3n) is 6.51. The number of rotatable bonds is 6. The van der Waals surface area contributed by atoms with Crippen LogP contribution in [-0.2, 0) is 6.18 Å². The third-order valence-corrected chi connectivity index (χ3v) is 6.51. The molecule has 0 aromatic carbocycles. The molecular weight excluding hydrogens is 485 g/mol. The molecule has 198 valence electrons. The number of likely N-dealkylation sites (tertiary alicyclic amines) is 1. The van der Waals surface area contributed by atoms with Gasteiger partial charge < -0.3 is 15.3 Å². The van der Waals surface area contributed by atoms with E-state index in [1.165, 1.54) is 16.9 Å². The van der Waals surface area contributed by atoms with Gasteiger partial charge in [-0.25, -0.2) is 9.67 Å². The van der Waals surface area contributed by atoms with Crippen LogP contribution >= 0.6 is 0 Å². The molecule has 4 heterocycles. The number of aromatic nitrogens is 4. The number of nitrogens with zero attached hydrogens (tertiary/aromatic N) is 5. The highest BCUT2D eigenvalue weighted by Gasteiger charge is 2.31. The summed E-state index contributed by atoms with van der Waals surface area (Å²) < 4.78 is 39.8. The summed E-state index contributed by atoms with van der Waals surface area (Å²) in [7, 11) is 0. The van der Waals surface area contributed by atoms with Gasteiger partial charge in [-0.2, -0.15) is 18.3 Å². The van der Waals surface area contributed by atoms with E-state index in [2.05, 4.69) is 25.3 Å². The maximum absolute atomic E-state index is 12.9. The zero-order chi connectivity index (χ0) is 27.0. The van der Waals surface area contributed by atoms with E-state index in [0.29, 0.717) is 23.8 Å². The molecule has 0 radical (unpaired) electrons. The molecule has 3 aromatic rings. The summed E-state index contributed by atoms with van der Waals surface area (Å²) in [4.78, 5) is 23.7. The Labute approximate surface area is 213 Å². The molecule has 0 aliphatic carbocycles. The van der Waals surface area contributed by atoms with Crippen molar-refractivity contribution in [3.05, 3.63) is 64.9 Å². The first kappa shape index (κ1) is 26.7. The number of carbonyl (C=O) groups excluding carboxylic acids is 1. The van der Waals surface area contributed by atoms with E-state index in [0.717, 1.165) is 49.5 Å². The highest BCUT2D eigenvalue weighted by molar-refractivity contribution is 6.04. The van der Waals surface area contributed by atoms with E-state index in [9.17, 15) is 23.1 Å². The fourth-order valence-electron chi connectivity index (χ4n) is 4.73. The van der Waals surface area contributed by atoms with Crippen molar-refractivity contribution in [3.8, 4) is 5.82 Å². The highest BCUT2D eigenvalue weighted by Crippen LogP contribution is 2.31. The predicted molar refractivity (Wildman–Crippen MR) is 133 cm³/mol. The van der Waals surface area contributed by atoms with E-state index in [-0.39, 0.29) is 11.4 Å². The third kappa shape index (κ3) is 6.34. The molecule has 8 nitrogen and oxygen atoms in total. The van der Waals surface area contributed by atoms with Gasteiger partial charge in [-0.3, -0.25) is 9.78 Å². The van der Waals surface area contributed by atoms with Crippen molar-refractivity contribution in [2.24, 2.45) is 0 Å². The Kier molecular flexibility index (Phi) is 7.38. The lowest BCUT2D eigenvalue weighted by atomic mass is 9.90. The van der Waals surface area contributed by atoms with Gasteiger partial charge in [0.2, 0.25) is 0 Å². The summed E-state index contributed by atoms with van der Waals surface area (Å²) in [5.74, 6) is 0.101. The maximum Gasteiger partial charge on any atom is 0.417 e. The number of pyridine rings is 2. The zero-order valence-electron chi connectivity index (χ0n) is 21.3. The number of carbonyl (C=O) groups is 1. The highest BCUT2D eigenvalue weighted by atomic mass is 19.4. The standard InChI is InChI=1S/C26H31F3N6O2/c1-16-11-20(13-31-23(16)18-7-9-34(10-8-18)15-25(3,4)37)33-24(36)21-14-32-35(17(21)2)22-6-5-19(12-30-22)26(27,28)29/h5-6,11-14,18,37H,7-10,15H2,1-4H3,(H,33,36). The molecule has 4 rings (SSSR count). The second-order valence-electron chi connectivity index (χ2n) is 10.2. The number of piperidine rings is 1. The number of anilines is 1.